The van der Waals surface area contributed by atoms with Crippen molar-refractivity contribution in [2.45, 2.75) is 25.8 Å². The molecule has 100 valence electrons. The van der Waals surface area contributed by atoms with Gasteiger partial charge in [-0.1, -0.05) is 23.7 Å². The minimum absolute atomic E-state index is 0.0896. The second-order valence-corrected chi connectivity index (χ2v) is 4.30. The highest BCUT2D eigenvalue weighted by molar-refractivity contribution is 6.32. The average Bonchev–Trinajstić information content (AvgIpc) is 2.39. The highest BCUT2D eigenvalue weighted by Gasteiger charge is 2.10. The van der Waals surface area contributed by atoms with Gasteiger partial charge in [-0.3, -0.25) is 0 Å². The van der Waals surface area contributed by atoms with E-state index in [9.17, 15) is 0 Å². The predicted octanol–water partition coefficient (Wildman–Crippen LogP) is 2.68. The number of anilines is 1. The summed E-state index contributed by atoms with van der Waals surface area (Å²) in [5.41, 5.74) is 6.38. The fourth-order valence-corrected chi connectivity index (χ4v) is 1.77. The van der Waals surface area contributed by atoms with Crippen LogP contribution in [-0.4, -0.2) is 24.2 Å². The molecule has 4 N–H and O–H groups in total. The van der Waals surface area contributed by atoms with Gasteiger partial charge in [-0.2, -0.15) is 0 Å². The molecule has 0 fully saturated rings. The van der Waals surface area contributed by atoms with Crippen molar-refractivity contribution in [3.05, 3.63) is 23.2 Å². The smallest absolute Gasteiger partial charge is 0.141 e. The first-order chi connectivity index (χ1) is 8.60. The molecule has 0 heterocycles. The minimum Gasteiger partial charge on any atom is -0.495 e. The van der Waals surface area contributed by atoms with Crippen LogP contribution in [0.3, 0.4) is 0 Å². The van der Waals surface area contributed by atoms with Crippen molar-refractivity contribution in [2.24, 2.45) is 10.9 Å². The first-order valence-electron chi connectivity index (χ1n) is 5.67. The van der Waals surface area contributed by atoms with E-state index in [0.29, 0.717) is 17.2 Å². The molecule has 0 bridgehead atoms. The summed E-state index contributed by atoms with van der Waals surface area (Å²) in [5.74, 6) is 0.815. The van der Waals surface area contributed by atoms with Crippen molar-refractivity contribution in [3.63, 3.8) is 0 Å². The van der Waals surface area contributed by atoms with Crippen molar-refractivity contribution in [2.75, 3.05) is 12.4 Å². The van der Waals surface area contributed by atoms with Gasteiger partial charge >= 0.3 is 0 Å². The van der Waals surface area contributed by atoms with Crippen molar-refractivity contribution in [1.29, 1.82) is 0 Å². The van der Waals surface area contributed by atoms with Crippen LogP contribution in [0.5, 0.6) is 5.75 Å². The molecule has 18 heavy (non-hydrogen) atoms. The summed E-state index contributed by atoms with van der Waals surface area (Å²) in [6.07, 6.45) is 1.32. The Kier molecular flexibility index (Phi) is 5.58. The zero-order valence-corrected chi connectivity index (χ0v) is 11.2. The van der Waals surface area contributed by atoms with Crippen LogP contribution < -0.4 is 15.8 Å². The molecular formula is C12H18ClN3O2. The van der Waals surface area contributed by atoms with Crippen LogP contribution in [0.15, 0.2) is 23.4 Å². The van der Waals surface area contributed by atoms with Crippen molar-refractivity contribution >= 4 is 23.1 Å². The molecule has 6 heteroatoms. The minimum atomic E-state index is 0.0896. The van der Waals surface area contributed by atoms with Gasteiger partial charge in [0.15, 0.2) is 0 Å². The zero-order valence-electron chi connectivity index (χ0n) is 10.5. The number of rotatable bonds is 6. The summed E-state index contributed by atoms with van der Waals surface area (Å²) >= 11 is 5.95. The number of ether oxygens (including phenoxy) is 1. The van der Waals surface area contributed by atoms with E-state index in [1.54, 1.807) is 13.2 Å². The van der Waals surface area contributed by atoms with Crippen molar-refractivity contribution < 1.29 is 9.94 Å². The first kappa shape index (κ1) is 14.4. The molecule has 0 aliphatic rings. The Morgan fingerprint density at radius 3 is 2.89 bits per heavy atom. The van der Waals surface area contributed by atoms with Gasteiger partial charge in [0.05, 0.1) is 12.1 Å². The molecule has 5 nitrogen and oxygen atoms in total. The van der Waals surface area contributed by atoms with E-state index in [1.807, 2.05) is 19.1 Å². The van der Waals surface area contributed by atoms with E-state index in [1.165, 1.54) is 0 Å². The van der Waals surface area contributed by atoms with E-state index in [0.717, 1.165) is 12.1 Å². The summed E-state index contributed by atoms with van der Waals surface area (Å²) in [7, 11) is 1.57. The van der Waals surface area contributed by atoms with Gasteiger partial charge in [0.2, 0.25) is 0 Å². The van der Waals surface area contributed by atoms with Crippen LogP contribution in [0.4, 0.5) is 5.69 Å². The molecule has 0 spiro atoms. The second kappa shape index (κ2) is 6.96. The Labute approximate surface area is 112 Å². The van der Waals surface area contributed by atoms with Crippen LogP contribution >= 0.6 is 11.6 Å². The number of oxime groups is 1. The van der Waals surface area contributed by atoms with Crippen LogP contribution in [0.2, 0.25) is 5.02 Å². The third kappa shape index (κ3) is 4.00. The van der Waals surface area contributed by atoms with Crippen molar-refractivity contribution in [3.8, 4) is 5.75 Å². The number of nitrogens with one attached hydrogen (secondary N) is 1. The highest BCUT2D eigenvalue weighted by Crippen LogP contribution is 2.28. The molecule has 1 aromatic rings. The maximum Gasteiger partial charge on any atom is 0.141 e. The maximum atomic E-state index is 8.56. The number of nitrogens with zero attached hydrogens (tertiary/aromatic N) is 1. The summed E-state index contributed by atoms with van der Waals surface area (Å²) in [6, 6.07) is 5.53. The lowest BCUT2D eigenvalue weighted by atomic mass is 10.1. The summed E-state index contributed by atoms with van der Waals surface area (Å²) in [6.45, 7) is 2.02. The third-order valence-corrected chi connectivity index (χ3v) is 2.91. The Morgan fingerprint density at radius 2 is 2.33 bits per heavy atom. The van der Waals surface area contributed by atoms with E-state index in [4.69, 9.17) is 27.3 Å². The number of methoxy groups -OCH3 is 1. The number of nitrogens with two attached hydrogens (primary N) is 1. The van der Waals surface area contributed by atoms with E-state index in [-0.39, 0.29) is 11.9 Å². The fraction of sp³-hybridized carbons (Fsp3) is 0.417. The third-order valence-electron chi connectivity index (χ3n) is 2.60. The lowest BCUT2D eigenvalue weighted by Gasteiger charge is -2.18. The molecule has 0 saturated carbocycles. The molecule has 0 aliphatic heterocycles. The fourth-order valence-electron chi connectivity index (χ4n) is 1.58. The topological polar surface area (TPSA) is 79.9 Å². The largest absolute Gasteiger partial charge is 0.495 e. The monoisotopic (exact) mass is 271 g/mol. The van der Waals surface area contributed by atoms with Gasteiger partial charge in [0.1, 0.15) is 11.6 Å². The summed E-state index contributed by atoms with van der Waals surface area (Å²) < 4.78 is 5.14. The van der Waals surface area contributed by atoms with Gasteiger partial charge in [-0.15, -0.1) is 0 Å². The standard InChI is InChI=1S/C12H18ClN3O2/c1-3-8(7-12(14)16-17)15-9-4-5-10(13)11(6-9)18-2/h4-6,8,15,17H,3,7H2,1-2H3,(H2,14,16). The molecule has 0 aliphatic carbocycles. The molecule has 1 aromatic carbocycles. The highest BCUT2D eigenvalue weighted by atomic mass is 35.5. The van der Waals surface area contributed by atoms with Gasteiger partial charge in [0, 0.05) is 24.2 Å². The molecule has 1 unspecified atom stereocenters. The van der Waals surface area contributed by atoms with Crippen LogP contribution in [0, 0.1) is 0 Å². The molecule has 0 radical (unpaired) electrons. The molecule has 0 saturated heterocycles. The van der Waals surface area contributed by atoms with Crippen LogP contribution in [0.25, 0.3) is 0 Å². The molecule has 1 rings (SSSR count). The van der Waals surface area contributed by atoms with E-state index in [2.05, 4.69) is 10.5 Å². The van der Waals surface area contributed by atoms with Gasteiger partial charge in [-0.25, -0.2) is 0 Å². The molecular weight excluding hydrogens is 254 g/mol. The lowest BCUT2D eigenvalue weighted by molar-refractivity contribution is 0.316. The maximum absolute atomic E-state index is 8.56. The van der Waals surface area contributed by atoms with Crippen LogP contribution in [0.1, 0.15) is 19.8 Å². The molecule has 1 atom stereocenters. The normalized spacial score (nSPS) is 13.2. The van der Waals surface area contributed by atoms with Crippen molar-refractivity contribution in [1.82, 2.24) is 0 Å². The quantitative estimate of drug-likeness (QED) is 0.322. The Hall–Kier alpha value is -1.62. The van der Waals surface area contributed by atoms with Crippen LogP contribution in [-0.2, 0) is 0 Å². The second-order valence-electron chi connectivity index (χ2n) is 3.89. The Morgan fingerprint density at radius 1 is 1.61 bits per heavy atom. The summed E-state index contributed by atoms with van der Waals surface area (Å²) in [5, 5.41) is 15.4. The zero-order chi connectivity index (χ0) is 13.5. The Bertz CT molecular complexity index is 424. The Balaban J connectivity index is 2.75. The lowest BCUT2D eigenvalue weighted by Crippen LogP contribution is -2.26. The number of halogens is 1. The number of hydrogen-bond acceptors (Lipinski definition) is 4. The van der Waals surface area contributed by atoms with Gasteiger partial charge < -0.3 is 21.0 Å². The molecule has 0 amide bonds. The van der Waals surface area contributed by atoms with E-state index < -0.39 is 0 Å². The number of amidine groups is 1. The number of hydrogen-bond donors (Lipinski definition) is 3. The average molecular weight is 272 g/mol. The van der Waals surface area contributed by atoms with E-state index >= 15 is 0 Å². The SMILES string of the molecule is CCC(C/C(N)=N/O)Nc1ccc(Cl)c(OC)c1. The first-order valence-corrected chi connectivity index (χ1v) is 6.05. The van der Waals surface area contributed by atoms with Gasteiger partial charge in [-0.05, 0) is 18.6 Å². The predicted molar refractivity (Wildman–Crippen MR) is 73.7 cm³/mol. The van der Waals surface area contributed by atoms with Gasteiger partial charge in [0.25, 0.3) is 0 Å². The summed E-state index contributed by atoms with van der Waals surface area (Å²) in [4.78, 5) is 0. The number of benzene rings is 1. The molecule has 0 aromatic heterocycles.